The predicted octanol–water partition coefficient (Wildman–Crippen LogP) is 3.81. The quantitative estimate of drug-likeness (QED) is 0.440. The highest BCUT2D eigenvalue weighted by molar-refractivity contribution is 7.12. The van der Waals surface area contributed by atoms with Crippen molar-refractivity contribution in [1.82, 2.24) is 14.7 Å². The summed E-state index contributed by atoms with van der Waals surface area (Å²) in [7, 11) is 0. The van der Waals surface area contributed by atoms with Gasteiger partial charge in [-0.15, -0.1) is 22.7 Å². The normalized spacial score (nSPS) is 14.2. The number of amides is 2. The summed E-state index contributed by atoms with van der Waals surface area (Å²) in [4.78, 5) is 34.4. The zero-order valence-corrected chi connectivity index (χ0v) is 20.2. The number of morpholine rings is 1. The number of carbonyl (C=O) groups is 2. The van der Waals surface area contributed by atoms with Crippen LogP contribution in [0, 0.1) is 0 Å². The average molecular weight is 484 g/mol. The first kappa shape index (κ1) is 23.6. The van der Waals surface area contributed by atoms with E-state index in [0.29, 0.717) is 37.7 Å². The minimum Gasteiger partial charge on any atom is -0.379 e. The van der Waals surface area contributed by atoms with Crippen LogP contribution >= 0.6 is 22.7 Å². The van der Waals surface area contributed by atoms with E-state index >= 15 is 0 Å². The van der Waals surface area contributed by atoms with Gasteiger partial charge >= 0.3 is 0 Å². The second-order valence-corrected chi connectivity index (χ2v) is 9.95. The highest BCUT2D eigenvalue weighted by atomic mass is 32.1. The van der Waals surface area contributed by atoms with E-state index in [0.717, 1.165) is 30.1 Å². The standard InChI is InChI=1S/C25H29N3O3S2/c29-24(28(19-22-8-4-16-32-22)18-21-6-2-1-3-7-21)20-27(25(30)23-9-5-17-33-23)11-10-26-12-14-31-15-13-26/h1-9,16-17H,10-15,18-20H2. The minimum absolute atomic E-state index is 0.0425. The van der Waals surface area contributed by atoms with Crippen LogP contribution in [0.3, 0.4) is 0 Å². The molecule has 0 spiro atoms. The van der Waals surface area contributed by atoms with Crippen LogP contribution in [0.4, 0.5) is 0 Å². The first-order chi connectivity index (χ1) is 16.2. The van der Waals surface area contributed by atoms with Crippen molar-refractivity contribution in [1.29, 1.82) is 0 Å². The summed E-state index contributed by atoms with van der Waals surface area (Å²) in [6.07, 6.45) is 0. The van der Waals surface area contributed by atoms with Crippen molar-refractivity contribution in [3.05, 3.63) is 80.7 Å². The third kappa shape index (κ3) is 6.98. The van der Waals surface area contributed by atoms with Gasteiger partial charge in [0.25, 0.3) is 5.91 Å². The third-order valence-electron chi connectivity index (χ3n) is 5.63. The molecule has 0 aliphatic carbocycles. The molecule has 0 N–H and O–H groups in total. The molecule has 0 radical (unpaired) electrons. The molecule has 8 heteroatoms. The molecule has 3 heterocycles. The summed E-state index contributed by atoms with van der Waals surface area (Å²) in [5.74, 6) is -0.124. The Hall–Kier alpha value is -2.52. The van der Waals surface area contributed by atoms with Gasteiger partial charge in [0.2, 0.25) is 5.91 Å². The van der Waals surface area contributed by atoms with Crippen molar-refractivity contribution in [3.63, 3.8) is 0 Å². The van der Waals surface area contributed by atoms with Crippen LogP contribution in [0.25, 0.3) is 0 Å². The summed E-state index contributed by atoms with van der Waals surface area (Å²) in [5.41, 5.74) is 1.08. The molecule has 1 fully saturated rings. The van der Waals surface area contributed by atoms with Crippen molar-refractivity contribution >= 4 is 34.5 Å². The third-order valence-corrected chi connectivity index (χ3v) is 7.35. The molecule has 0 bridgehead atoms. The molecule has 33 heavy (non-hydrogen) atoms. The first-order valence-corrected chi connectivity index (χ1v) is 12.9. The number of ether oxygens (including phenoxy) is 1. The molecule has 2 amide bonds. The monoisotopic (exact) mass is 483 g/mol. The van der Waals surface area contributed by atoms with Crippen molar-refractivity contribution in [2.45, 2.75) is 13.1 Å². The molecule has 0 saturated carbocycles. The van der Waals surface area contributed by atoms with E-state index in [2.05, 4.69) is 4.90 Å². The molecule has 174 valence electrons. The molecule has 1 saturated heterocycles. The Morgan fingerprint density at radius 2 is 1.64 bits per heavy atom. The maximum absolute atomic E-state index is 13.5. The van der Waals surface area contributed by atoms with Crippen LogP contribution in [0.5, 0.6) is 0 Å². The Balaban J connectivity index is 1.48. The fourth-order valence-corrected chi connectivity index (χ4v) is 5.20. The number of nitrogens with zero attached hydrogens (tertiary/aromatic N) is 3. The number of carbonyl (C=O) groups excluding carboxylic acids is 2. The van der Waals surface area contributed by atoms with Gasteiger partial charge < -0.3 is 14.5 Å². The molecule has 1 aliphatic heterocycles. The predicted molar refractivity (Wildman–Crippen MR) is 132 cm³/mol. The Bertz CT molecular complexity index is 987. The molecule has 3 aromatic rings. The number of hydrogen-bond donors (Lipinski definition) is 0. The highest BCUT2D eigenvalue weighted by Gasteiger charge is 2.24. The van der Waals surface area contributed by atoms with Crippen molar-refractivity contribution in [2.24, 2.45) is 0 Å². The van der Waals surface area contributed by atoms with Gasteiger partial charge in [0.05, 0.1) is 24.6 Å². The van der Waals surface area contributed by atoms with Gasteiger partial charge in [0.1, 0.15) is 6.54 Å². The summed E-state index contributed by atoms with van der Waals surface area (Å²) >= 11 is 3.05. The van der Waals surface area contributed by atoms with Crippen molar-refractivity contribution in [3.8, 4) is 0 Å². The number of rotatable bonds is 10. The second-order valence-electron chi connectivity index (χ2n) is 7.97. The molecule has 4 rings (SSSR count). The number of thiophene rings is 2. The van der Waals surface area contributed by atoms with Crippen LogP contribution in [0.1, 0.15) is 20.1 Å². The Morgan fingerprint density at radius 1 is 0.879 bits per heavy atom. The summed E-state index contributed by atoms with van der Waals surface area (Å²) < 4.78 is 5.44. The Morgan fingerprint density at radius 3 is 2.33 bits per heavy atom. The van der Waals surface area contributed by atoms with E-state index in [-0.39, 0.29) is 18.4 Å². The van der Waals surface area contributed by atoms with E-state index in [9.17, 15) is 9.59 Å². The fraction of sp³-hybridized carbons (Fsp3) is 0.360. The zero-order valence-electron chi connectivity index (χ0n) is 18.6. The van der Waals surface area contributed by atoms with E-state index < -0.39 is 0 Å². The summed E-state index contributed by atoms with van der Waals surface area (Å²) in [5, 5.41) is 3.92. The number of benzene rings is 1. The fourth-order valence-electron chi connectivity index (χ4n) is 3.79. The molecule has 6 nitrogen and oxygen atoms in total. The Kier molecular flexibility index (Phi) is 8.65. The van der Waals surface area contributed by atoms with Crippen LogP contribution < -0.4 is 0 Å². The molecular weight excluding hydrogens is 454 g/mol. The molecule has 0 atom stereocenters. The van der Waals surface area contributed by atoms with Gasteiger partial charge in [-0.3, -0.25) is 14.5 Å². The maximum atomic E-state index is 13.5. The van der Waals surface area contributed by atoms with E-state index in [4.69, 9.17) is 4.74 Å². The van der Waals surface area contributed by atoms with E-state index in [1.807, 2.05) is 70.3 Å². The van der Waals surface area contributed by atoms with Crippen LogP contribution in [0.2, 0.25) is 0 Å². The summed E-state index contributed by atoms with van der Waals surface area (Å²) in [6, 6.07) is 17.7. The van der Waals surface area contributed by atoms with Gasteiger partial charge in [0, 0.05) is 37.6 Å². The van der Waals surface area contributed by atoms with Crippen LogP contribution in [-0.4, -0.2) is 72.5 Å². The second kappa shape index (κ2) is 12.1. The average Bonchev–Trinajstić information content (AvgIpc) is 3.57. The molecule has 0 unspecified atom stereocenters. The van der Waals surface area contributed by atoms with Gasteiger partial charge in [-0.25, -0.2) is 0 Å². The van der Waals surface area contributed by atoms with E-state index in [1.165, 1.54) is 11.3 Å². The minimum atomic E-state index is -0.0811. The summed E-state index contributed by atoms with van der Waals surface area (Å²) in [6.45, 7) is 5.50. The molecule has 2 aromatic heterocycles. The van der Waals surface area contributed by atoms with Crippen molar-refractivity contribution < 1.29 is 14.3 Å². The van der Waals surface area contributed by atoms with Crippen LogP contribution in [0.15, 0.2) is 65.4 Å². The highest BCUT2D eigenvalue weighted by Crippen LogP contribution is 2.17. The number of hydrogen-bond acceptors (Lipinski definition) is 6. The topological polar surface area (TPSA) is 53.1 Å². The van der Waals surface area contributed by atoms with Gasteiger partial charge in [-0.05, 0) is 28.5 Å². The lowest BCUT2D eigenvalue weighted by molar-refractivity contribution is -0.133. The van der Waals surface area contributed by atoms with Crippen molar-refractivity contribution in [2.75, 3.05) is 45.9 Å². The lowest BCUT2D eigenvalue weighted by atomic mass is 10.2. The smallest absolute Gasteiger partial charge is 0.264 e. The van der Waals surface area contributed by atoms with Gasteiger partial charge in [-0.1, -0.05) is 42.5 Å². The SMILES string of the molecule is O=C(CN(CCN1CCOCC1)C(=O)c1cccs1)N(Cc1ccccc1)Cc1cccs1. The van der Waals surface area contributed by atoms with E-state index in [1.54, 1.807) is 16.2 Å². The zero-order chi connectivity index (χ0) is 22.9. The maximum Gasteiger partial charge on any atom is 0.264 e. The lowest BCUT2D eigenvalue weighted by Gasteiger charge is -2.31. The lowest BCUT2D eigenvalue weighted by Crippen LogP contribution is -2.46. The van der Waals surface area contributed by atoms with Crippen LogP contribution in [-0.2, 0) is 22.6 Å². The first-order valence-electron chi connectivity index (χ1n) is 11.2. The largest absolute Gasteiger partial charge is 0.379 e. The molecular formula is C25H29N3O3S2. The molecule has 1 aromatic carbocycles. The van der Waals surface area contributed by atoms with Gasteiger partial charge in [0.15, 0.2) is 0 Å². The Labute approximate surface area is 203 Å². The molecule has 1 aliphatic rings. The van der Waals surface area contributed by atoms with Gasteiger partial charge in [-0.2, -0.15) is 0 Å².